The number of pyridine rings is 1. The largest absolute Gasteiger partial charge is 0.388 e. The van der Waals surface area contributed by atoms with Crippen LogP contribution in [0.5, 0.6) is 0 Å². The van der Waals surface area contributed by atoms with Crippen molar-refractivity contribution in [3.05, 3.63) is 23.5 Å². The zero-order valence-electron chi connectivity index (χ0n) is 8.07. The second-order valence-electron chi connectivity index (χ2n) is 4.00. The first-order valence-corrected chi connectivity index (χ1v) is 5.03. The molecule has 1 atom stereocenters. The Labute approximate surface area is 88.3 Å². The molecule has 14 heavy (non-hydrogen) atoms. The van der Waals surface area contributed by atoms with E-state index >= 15 is 0 Å². The van der Waals surface area contributed by atoms with Gasteiger partial charge in [-0.2, -0.15) is 0 Å². The van der Waals surface area contributed by atoms with Crippen LogP contribution < -0.4 is 4.90 Å². The fourth-order valence-corrected chi connectivity index (χ4v) is 2.01. The summed E-state index contributed by atoms with van der Waals surface area (Å²) in [5.74, 6) is 0. The molecule has 1 fully saturated rings. The van der Waals surface area contributed by atoms with Gasteiger partial charge in [0.05, 0.1) is 16.3 Å². The Morgan fingerprint density at radius 3 is 3.00 bits per heavy atom. The third-order valence-corrected chi connectivity index (χ3v) is 2.83. The van der Waals surface area contributed by atoms with E-state index in [1.54, 1.807) is 12.4 Å². The lowest BCUT2D eigenvalue weighted by Crippen LogP contribution is -2.29. The molecule has 3 nitrogen and oxygen atoms in total. The van der Waals surface area contributed by atoms with Gasteiger partial charge in [-0.1, -0.05) is 11.6 Å². The molecule has 0 spiro atoms. The maximum absolute atomic E-state index is 9.82. The van der Waals surface area contributed by atoms with E-state index < -0.39 is 5.60 Å². The van der Waals surface area contributed by atoms with Gasteiger partial charge in [0, 0.05) is 25.5 Å². The fraction of sp³-hybridized carbons (Fsp3) is 0.500. The van der Waals surface area contributed by atoms with E-state index in [1.807, 2.05) is 13.0 Å². The number of nitrogens with zero attached hydrogens (tertiary/aromatic N) is 2. The van der Waals surface area contributed by atoms with Gasteiger partial charge in [0.2, 0.25) is 0 Å². The molecule has 0 aromatic carbocycles. The van der Waals surface area contributed by atoms with E-state index in [1.165, 1.54) is 0 Å². The highest BCUT2D eigenvalue weighted by atomic mass is 35.5. The van der Waals surface area contributed by atoms with E-state index in [4.69, 9.17) is 11.6 Å². The Morgan fingerprint density at radius 2 is 2.43 bits per heavy atom. The summed E-state index contributed by atoms with van der Waals surface area (Å²) in [4.78, 5) is 6.02. The first-order valence-electron chi connectivity index (χ1n) is 4.65. The van der Waals surface area contributed by atoms with Crippen LogP contribution in [-0.2, 0) is 0 Å². The van der Waals surface area contributed by atoms with E-state index in [2.05, 4.69) is 9.88 Å². The highest BCUT2D eigenvalue weighted by Gasteiger charge is 2.31. The van der Waals surface area contributed by atoms with Gasteiger partial charge in [0.1, 0.15) is 0 Å². The van der Waals surface area contributed by atoms with Crippen LogP contribution in [0.15, 0.2) is 18.5 Å². The molecule has 1 aliphatic heterocycles. The number of anilines is 1. The molecule has 0 amide bonds. The standard InChI is InChI=1S/C10H13ClN2O/c1-10(14)3-5-13(7-10)9-2-4-12-6-8(9)11/h2,4,6,14H,3,5,7H2,1H3. The molecule has 1 unspecified atom stereocenters. The SMILES string of the molecule is CC1(O)CCN(c2ccncc2Cl)C1. The van der Waals surface area contributed by atoms with Crippen LogP contribution in [0.1, 0.15) is 13.3 Å². The molecule has 0 saturated carbocycles. The van der Waals surface area contributed by atoms with Crippen LogP contribution in [-0.4, -0.2) is 28.8 Å². The topological polar surface area (TPSA) is 36.4 Å². The predicted molar refractivity (Wildman–Crippen MR) is 56.7 cm³/mol. The van der Waals surface area contributed by atoms with Gasteiger partial charge < -0.3 is 10.0 Å². The lowest BCUT2D eigenvalue weighted by atomic mass is 10.1. The van der Waals surface area contributed by atoms with Crippen molar-refractivity contribution < 1.29 is 5.11 Å². The Bertz CT molecular complexity index is 341. The minimum absolute atomic E-state index is 0.591. The van der Waals surface area contributed by atoms with Crippen molar-refractivity contribution in [1.29, 1.82) is 0 Å². The first kappa shape index (κ1) is 9.74. The molecular formula is C10H13ClN2O. The number of rotatable bonds is 1. The quantitative estimate of drug-likeness (QED) is 0.770. The zero-order valence-corrected chi connectivity index (χ0v) is 8.83. The van der Waals surface area contributed by atoms with Gasteiger partial charge in [-0.05, 0) is 19.4 Å². The van der Waals surface area contributed by atoms with E-state index in [0.29, 0.717) is 11.6 Å². The number of hydrogen-bond donors (Lipinski definition) is 1. The summed E-state index contributed by atoms with van der Waals surface area (Å²) in [5.41, 5.74) is 0.367. The molecular weight excluding hydrogens is 200 g/mol. The predicted octanol–water partition coefficient (Wildman–Crippen LogP) is 1.70. The van der Waals surface area contributed by atoms with Crippen LogP contribution in [0, 0.1) is 0 Å². The summed E-state index contributed by atoms with van der Waals surface area (Å²) in [6.07, 6.45) is 4.13. The number of hydrogen-bond acceptors (Lipinski definition) is 3. The lowest BCUT2D eigenvalue weighted by molar-refractivity contribution is 0.0839. The third kappa shape index (κ3) is 1.83. The monoisotopic (exact) mass is 212 g/mol. The molecule has 1 aliphatic rings. The van der Waals surface area contributed by atoms with Crippen molar-refractivity contribution in [2.24, 2.45) is 0 Å². The Balaban J connectivity index is 2.22. The van der Waals surface area contributed by atoms with Crippen LogP contribution in [0.25, 0.3) is 0 Å². The third-order valence-electron chi connectivity index (χ3n) is 2.54. The summed E-state index contributed by atoms with van der Waals surface area (Å²) < 4.78 is 0. The first-order chi connectivity index (χ1) is 6.58. The second-order valence-corrected chi connectivity index (χ2v) is 4.40. The number of aromatic nitrogens is 1. The molecule has 0 aliphatic carbocycles. The fourth-order valence-electron chi connectivity index (χ4n) is 1.78. The van der Waals surface area contributed by atoms with E-state index in [0.717, 1.165) is 18.7 Å². The maximum atomic E-state index is 9.82. The van der Waals surface area contributed by atoms with Crippen molar-refractivity contribution in [3.63, 3.8) is 0 Å². The second kappa shape index (κ2) is 3.41. The van der Waals surface area contributed by atoms with Crippen molar-refractivity contribution in [2.75, 3.05) is 18.0 Å². The Hall–Kier alpha value is -0.800. The van der Waals surface area contributed by atoms with Gasteiger partial charge >= 0.3 is 0 Å². The normalized spacial score (nSPS) is 26.9. The summed E-state index contributed by atoms with van der Waals surface area (Å²) in [6.45, 7) is 3.33. The van der Waals surface area contributed by atoms with Gasteiger partial charge in [-0.15, -0.1) is 0 Å². The van der Waals surface area contributed by atoms with E-state index in [-0.39, 0.29) is 0 Å². The van der Waals surface area contributed by atoms with Crippen LogP contribution in [0.3, 0.4) is 0 Å². The summed E-state index contributed by atoms with van der Waals surface area (Å²) in [6, 6.07) is 1.88. The molecule has 2 rings (SSSR count). The Kier molecular flexibility index (Phi) is 2.37. The van der Waals surface area contributed by atoms with Crippen LogP contribution in [0.4, 0.5) is 5.69 Å². The van der Waals surface area contributed by atoms with Crippen LogP contribution >= 0.6 is 11.6 Å². The van der Waals surface area contributed by atoms with E-state index in [9.17, 15) is 5.11 Å². The molecule has 76 valence electrons. The smallest absolute Gasteiger partial charge is 0.0822 e. The number of aliphatic hydroxyl groups is 1. The minimum atomic E-state index is -0.591. The van der Waals surface area contributed by atoms with Gasteiger partial charge in [-0.3, -0.25) is 4.98 Å². The average Bonchev–Trinajstić information content (AvgIpc) is 2.47. The van der Waals surface area contributed by atoms with Gasteiger partial charge in [-0.25, -0.2) is 0 Å². The minimum Gasteiger partial charge on any atom is -0.388 e. The average molecular weight is 213 g/mol. The van der Waals surface area contributed by atoms with Gasteiger partial charge in [0.25, 0.3) is 0 Å². The van der Waals surface area contributed by atoms with Crippen LogP contribution in [0.2, 0.25) is 5.02 Å². The molecule has 2 heterocycles. The van der Waals surface area contributed by atoms with Crippen molar-refractivity contribution in [1.82, 2.24) is 4.98 Å². The molecule has 1 N–H and O–H groups in total. The highest BCUT2D eigenvalue weighted by molar-refractivity contribution is 6.33. The summed E-state index contributed by atoms with van der Waals surface area (Å²) in [5, 5.41) is 10.5. The van der Waals surface area contributed by atoms with Gasteiger partial charge in [0.15, 0.2) is 0 Å². The summed E-state index contributed by atoms with van der Waals surface area (Å²) >= 11 is 6.01. The van der Waals surface area contributed by atoms with Crippen molar-refractivity contribution in [3.8, 4) is 0 Å². The summed E-state index contributed by atoms with van der Waals surface area (Å²) in [7, 11) is 0. The van der Waals surface area contributed by atoms with Crippen molar-refractivity contribution in [2.45, 2.75) is 18.9 Å². The molecule has 0 bridgehead atoms. The molecule has 1 aromatic rings. The number of β-amino-alcohol motifs (C(OH)–C–C–N with tert-alkyl or cyclic N) is 1. The molecule has 0 radical (unpaired) electrons. The Morgan fingerprint density at radius 1 is 1.64 bits per heavy atom. The highest BCUT2D eigenvalue weighted by Crippen LogP contribution is 2.30. The lowest BCUT2D eigenvalue weighted by Gasteiger charge is -2.21. The zero-order chi connectivity index (χ0) is 10.2. The molecule has 4 heteroatoms. The number of halogens is 1. The molecule has 1 saturated heterocycles. The molecule has 1 aromatic heterocycles. The van der Waals surface area contributed by atoms with Crippen molar-refractivity contribution >= 4 is 17.3 Å². The maximum Gasteiger partial charge on any atom is 0.0822 e.